The van der Waals surface area contributed by atoms with Gasteiger partial charge in [0.1, 0.15) is 12.1 Å². The van der Waals surface area contributed by atoms with Crippen LogP contribution in [-0.4, -0.2) is 10.9 Å². The van der Waals surface area contributed by atoms with Crippen LogP contribution in [0.1, 0.15) is 18.2 Å². The van der Waals surface area contributed by atoms with Crippen molar-refractivity contribution in [2.24, 2.45) is 0 Å². The van der Waals surface area contributed by atoms with E-state index in [1.54, 1.807) is 25.1 Å². The summed E-state index contributed by atoms with van der Waals surface area (Å²) >= 11 is 1.53. The number of hydrogen-bond acceptors (Lipinski definition) is 4. The molecule has 0 aliphatic carbocycles. The van der Waals surface area contributed by atoms with Crippen LogP contribution in [-0.2, 0) is 11.3 Å². The summed E-state index contributed by atoms with van der Waals surface area (Å²) in [5.74, 6) is -0.125. The number of hydrogen-bond donors (Lipinski definition) is 1. The van der Waals surface area contributed by atoms with E-state index in [0.29, 0.717) is 22.7 Å². The second-order valence-corrected chi connectivity index (χ2v) is 6.09. The molecule has 0 unspecified atom stereocenters. The lowest BCUT2D eigenvalue weighted by Gasteiger charge is -2.04. The average molecular weight is 342 g/mol. The zero-order valence-electron chi connectivity index (χ0n) is 13.0. The van der Waals surface area contributed by atoms with Gasteiger partial charge in [-0.2, -0.15) is 0 Å². The molecule has 24 heavy (non-hydrogen) atoms. The Hall–Kier alpha value is -2.73. The average Bonchev–Trinajstić information content (AvgIpc) is 3.24. The highest BCUT2D eigenvalue weighted by Gasteiger charge is 2.09. The number of allylic oxidation sites excluding steroid dienone is 1. The Morgan fingerprint density at radius 2 is 2.17 bits per heavy atom. The van der Waals surface area contributed by atoms with Crippen molar-refractivity contribution in [3.8, 4) is 10.8 Å². The Kier molecular flexibility index (Phi) is 4.86. The molecule has 3 rings (SSSR count). The molecule has 6 heteroatoms. The molecule has 0 fully saturated rings. The van der Waals surface area contributed by atoms with Gasteiger partial charge in [-0.05, 0) is 30.0 Å². The van der Waals surface area contributed by atoms with E-state index in [0.717, 1.165) is 4.88 Å². The Bertz CT molecular complexity index is 869. The number of amides is 1. The third-order valence-corrected chi connectivity index (χ3v) is 4.23. The number of nitrogens with zero attached hydrogens (tertiary/aromatic N) is 1. The molecule has 0 radical (unpaired) electrons. The number of nitrogens with one attached hydrogen (secondary N) is 1. The molecule has 2 heterocycles. The van der Waals surface area contributed by atoms with Crippen LogP contribution >= 0.6 is 11.3 Å². The highest BCUT2D eigenvalue weighted by molar-refractivity contribution is 7.13. The highest BCUT2D eigenvalue weighted by Crippen LogP contribution is 2.23. The summed E-state index contributed by atoms with van der Waals surface area (Å²) < 4.78 is 19.1. The van der Waals surface area contributed by atoms with Crippen LogP contribution in [0.2, 0.25) is 0 Å². The van der Waals surface area contributed by atoms with Gasteiger partial charge in [-0.3, -0.25) is 4.79 Å². The summed E-state index contributed by atoms with van der Waals surface area (Å²) in [6.07, 6.45) is 2.89. The van der Waals surface area contributed by atoms with E-state index in [-0.39, 0.29) is 18.3 Å². The number of aromatic nitrogens is 1. The number of thiophene rings is 1. The molecular weight excluding hydrogens is 327 g/mol. The normalized spacial score (nSPS) is 11.5. The first-order valence-corrected chi connectivity index (χ1v) is 8.21. The minimum atomic E-state index is -0.351. The van der Waals surface area contributed by atoms with Gasteiger partial charge in [-0.25, -0.2) is 9.37 Å². The van der Waals surface area contributed by atoms with Crippen LogP contribution in [0.5, 0.6) is 0 Å². The minimum Gasteiger partial charge on any atom is -0.443 e. The summed E-state index contributed by atoms with van der Waals surface area (Å²) in [4.78, 5) is 17.2. The molecule has 0 aliphatic heterocycles. The van der Waals surface area contributed by atoms with E-state index >= 15 is 0 Å². The van der Waals surface area contributed by atoms with Crippen molar-refractivity contribution in [2.45, 2.75) is 13.5 Å². The maximum Gasteiger partial charge on any atom is 0.244 e. The first-order chi connectivity index (χ1) is 11.6. The number of rotatable bonds is 5. The Morgan fingerprint density at radius 3 is 2.92 bits per heavy atom. The summed E-state index contributed by atoms with van der Waals surface area (Å²) in [5, 5.41) is 4.66. The molecule has 3 aromatic rings. The fourth-order valence-corrected chi connectivity index (χ4v) is 2.84. The first kappa shape index (κ1) is 16.1. The molecule has 0 spiro atoms. The molecular formula is C18H15FN2O2S. The Balaban J connectivity index is 1.62. The van der Waals surface area contributed by atoms with Crippen LogP contribution in [0.25, 0.3) is 16.3 Å². The lowest BCUT2D eigenvalue weighted by molar-refractivity contribution is -0.116. The second kappa shape index (κ2) is 7.23. The standard InChI is InChI=1S/C18H15FN2O2S/c1-12(14-5-2-3-6-15(14)19)9-17(22)20-10-13-11-23-18(21-13)16-7-4-8-24-16/h2-9,11H,10H2,1H3,(H,20,22)/b12-9+. The van der Waals surface area contributed by atoms with E-state index in [9.17, 15) is 9.18 Å². The van der Waals surface area contributed by atoms with E-state index in [4.69, 9.17) is 4.42 Å². The molecule has 2 aromatic heterocycles. The Labute approximate surface area is 142 Å². The van der Waals surface area contributed by atoms with Gasteiger partial charge in [0.25, 0.3) is 0 Å². The van der Waals surface area contributed by atoms with Crippen molar-refractivity contribution >= 4 is 22.8 Å². The number of oxazole rings is 1. The van der Waals surface area contributed by atoms with Crippen LogP contribution in [0, 0.1) is 5.82 Å². The van der Waals surface area contributed by atoms with Gasteiger partial charge in [0.2, 0.25) is 11.8 Å². The fraction of sp³-hybridized carbons (Fsp3) is 0.111. The molecule has 4 nitrogen and oxygen atoms in total. The van der Waals surface area contributed by atoms with Crippen LogP contribution in [0.15, 0.2) is 58.5 Å². The molecule has 122 valence electrons. The lowest BCUT2D eigenvalue weighted by Crippen LogP contribution is -2.20. The molecule has 0 bridgehead atoms. The molecule has 0 saturated heterocycles. The topological polar surface area (TPSA) is 55.1 Å². The SMILES string of the molecule is C/C(=C\C(=O)NCc1coc(-c2cccs2)n1)c1ccccc1F. The molecule has 1 N–H and O–H groups in total. The van der Waals surface area contributed by atoms with Gasteiger partial charge in [0.05, 0.1) is 17.1 Å². The predicted octanol–water partition coefficient (Wildman–Crippen LogP) is 4.26. The summed E-state index contributed by atoms with van der Waals surface area (Å²) in [5.41, 5.74) is 1.60. The number of carbonyl (C=O) groups is 1. The van der Waals surface area contributed by atoms with Gasteiger partial charge < -0.3 is 9.73 Å². The van der Waals surface area contributed by atoms with Crippen LogP contribution < -0.4 is 5.32 Å². The summed E-state index contributed by atoms with van der Waals surface area (Å²) in [7, 11) is 0. The van der Waals surface area contributed by atoms with Gasteiger partial charge in [0, 0.05) is 11.6 Å². The van der Waals surface area contributed by atoms with Crippen molar-refractivity contribution < 1.29 is 13.6 Å². The zero-order chi connectivity index (χ0) is 16.9. The van der Waals surface area contributed by atoms with Gasteiger partial charge >= 0.3 is 0 Å². The molecule has 0 saturated carbocycles. The van der Waals surface area contributed by atoms with Crippen molar-refractivity contribution in [3.05, 3.63) is 71.2 Å². The molecule has 1 aromatic carbocycles. The maximum atomic E-state index is 13.7. The zero-order valence-corrected chi connectivity index (χ0v) is 13.8. The molecule has 1 amide bonds. The van der Waals surface area contributed by atoms with Crippen LogP contribution in [0.4, 0.5) is 4.39 Å². The quantitative estimate of drug-likeness (QED) is 0.705. The van der Waals surface area contributed by atoms with Gasteiger partial charge in [-0.1, -0.05) is 24.3 Å². The third kappa shape index (κ3) is 3.78. The van der Waals surface area contributed by atoms with Gasteiger partial charge in [0.15, 0.2) is 0 Å². The predicted molar refractivity (Wildman–Crippen MR) is 91.7 cm³/mol. The maximum absolute atomic E-state index is 13.7. The third-order valence-electron chi connectivity index (χ3n) is 3.37. The van der Waals surface area contributed by atoms with Crippen molar-refractivity contribution in [1.29, 1.82) is 0 Å². The van der Waals surface area contributed by atoms with Gasteiger partial charge in [-0.15, -0.1) is 11.3 Å². The number of carbonyl (C=O) groups excluding carboxylic acids is 1. The summed E-state index contributed by atoms with van der Waals surface area (Å²) in [6.45, 7) is 1.94. The van der Waals surface area contributed by atoms with E-state index < -0.39 is 0 Å². The molecule has 0 atom stereocenters. The Morgan fingerprint density at radius 1 is 1.33 bits per heavy atom. The number of halogens is 1. The molecule has 0 aliphatic rings. The lowest BCUT2D eigenvalue weighted by atomic mass is 10.1. The van der Waals surface area contributed by atoms with Crippen molar-refractivity contribution in [3.63, 3.8) is 0 Å². The van der Waals surface area contributed by atoms with Crippen molar-refractivity contribution in [2.75, 3.05) is 0 Å². The van der Waals surface area contributed by atoms with E-state index in [1.807, 2.05) is 17.5 Å². The highest BCUT2D eigenvalue weighted by atomic mass is 32.1. The minimum absolute atomic E-state index is 0.245. The second-order valence-electron chi connectivity index (χ2n) is 5.15. The number of benzene rings is 1. The largest absolute Gasteiger partial charge is 0.443 e. The van der Waals surface area contributed by atoms with Crippen LogP contribution in [0.3, 0.4) is 0 Å². The summed E-state index contributed by atoms with van der Waals surface area (Å²) in [6, 6.07) is 10.2. The monoisotopic (exact) mass is 342 g/mol. The fourth-order valence-electron chi connectivity index (χ4n) is 2.19. The smallest absolute Gasteiger partial charge is 0.244 e. The van der Waals surface area contributed by atoms with E-state index in [2.05, 4.69) is 10.3 Å². The van der Waals surface area contributed by atoms with E-state index in [1.165, 1.54) is 29.7 Å². The van der Waals surface area contributed by atoms with Crippen molar-refractivity contribution in [1.82, 2.24) is 10.3 Å². The first-order valence-electron chi connectivity index (χ1n) is 7.33.